The molecule has 0 aromatic heterocycles. The molecule has 0 aromatic carbocycles. The van der Waals surface area contributed by atoms with Crippen molar-refractivity contribution in [1.82, 2.24) is 5.32 Å². The maximum absolute atomic E-state index is 13.5. The summed E-state index contributed by atoms with van der Waals surface area (Å²) in [5.74, 6) is -1.23. The van der Waals surface area contributed by atoms with Crippen LogP contribution in [0.5, 0.6) is 0 Å². The molecule has 0 spiro atoms. The lowest BCUT2D eigenvalue weighted by Gasteiger charge is -2.41. The normalized spacial score (nSPS) is 18.7. The molecule has 504 valence electrons. The van der Waals surface area contributed by atoms with Crippen LogP contribution in [0.2, 0.25) is 0 Å². The highest BCUT2D eigenvalue weighted by Gasteiger charge is 2.47. The van der Waals surface area contributed by atoms with Crippen LogP contribution in [-0.4, -0.2) is 99.6 Å². The number of esters is 1. The van der Waals surface area contributed by atoms with E-state index in [9.17, 15) is 35.1 Å². The summed E-state index contributed by atoms with van der Waals surface area (Å²) >= 11 is 0. The van der Waals surface area contributed by atoms with Crippen molar-refractivity contribution in [2.75, 3.05) is 13.2 Å². The largest absolute Gasteiger partial charge is 0.454 e. The van der Waals surface area contributed by atoms with Gasteiger partial charge in [0.2, 0.25) is 5.91 Å². The average molecular weight is 1220 g/mol. The molecule has 1 aliphatic rings. The number of unbranched alkanes of at least 4 members (excludes halogenated alkanes) is 36. The molecule has 1 saturated heterocycles. The molecule has 0 aromatic rings. The quantitative estimate of drug-likeness (QED) is 0.0195. The zero-order valence-electron chi connectivity index (χ0n) is 56.1. The van der Waals surface area contributed by atoms with Gasteiger partial charge in [-0.1, -0.05) is 324 Å². The van der Waals surface area contributed by atoms with Crippen molar-refractivity contribution in [3.63, 3.8) is 0 Å². The SMILES string of the molecule is CC/C=C\C/C=C\C/C=C\C/C=C\C/C=C\C/C=C\CCCC(O)C(=O)NC(COC1OC(CO)C(O)C(O)C1OC(=O)CCCCCCCCCCCCCCCCCCCCCCCCCCC)C(O)/C=C/CCCCCCCCCCCCC. The summed E-state index contributed by atoms with van der Waals surface area (Å²) in [5, 5.41) is 57.2. The first-order chi connectivity index (χ1) is 42.7. The number of hydrogen-bond donors (Lipinski definition) is 6. The second-order valence-electron chi connectivity index (χ2n) is 24.9. The minimum atomic E-state index is -1.62. The van der Waals surface area contributed by atoms with E-state index in [1.165, 1.54) is 186 Å². The molecule has 11 heteroatoms. The van der Waals surface area contributed by atoms with Crippen LogP contribution in [0, 0.1) is 0 Å². The molecule has 1 amide bonds. The van der Waals surface area contributed by atoms with Crippen LogP contribution in [0.3, 0.4) is 0 Å². The number of ether oxygens (including phenoxy) is 3. The lowest BCUT2D eigenvalue weighted by Crippen LogP contribution is -2.61. The van der Waals surface area contributed by atoms with E-state index in [1.807, 2.05) is 12.2 Å². The first kappa shape index (κ1) is 81.9. The lowest BCUT2D eigenvalue weighted by molar-refractivity contribution is -0.305. The topological polar surface area (TPSA) is 175 Å². The van der Waals surface area contributed by atoms with Crippen LogP contribution in [-0.2, 0) is 23.8 Å². The summed E-state index contributed by atoms with van der Waals surface area (Å²) in [6.45, 7) is 5.69. The van der Waals surface area contributed by atoms with Gasteiger partial charge in [-0.3, -0.25) is 9.59 Å². The molecule has 11 nitrogen and oxygen atoms in total. The number of carbonyl (C=O) groups excluding carboxylic acids is 2. The van der Waals surface area contributed by atoms with E-state index in [1.54, 1.807) is 6.08 Å². The van der Waals surface area contributed by atoms with E-state index in [-0.39, 0.29) is 19.4 Å². The molecule has 87 heavy (non-hydrogen) atoms. The van der Waals surface area contributed by atoms with Gasteiger partial charge in [-0.15, -0.1) is 0 Å². The van der Waals surface area contributed by atoms with Crippen molar-refractivity contribution >= 4 is 11.9 Å². The highest BCUT2D eigenvalue weighted by atomic mass is 16.7. The van der Waals surface area contributed by atoms with E-state index in [0.717, 1.165) is 83.5 Å². The number of rotatable bonds is 62. The van der Waals surface area contributed by atoms with Crippen molar-refractivity contribution in [3.8, 4) is 0 Å². The maximum atomic E-state index is 13.5. The molecular formula is C76H135NO10. The zero-order chi connectivity index (χ0) is 63.1. The number of carbonyl (C=O) groups is 2. The third kappa shape index (κ3) is 50.2. The monoisotopic (exact) mass is 1220 g/mol. The Bertz CT molecular complexity index is 1740. The maximum Gasteiger partial charge on any atom is 0.306 e. The standard InChI is InChI=1S/C76H135NO10/c1-4-7-10-13-16-19-22-25-27-29-31-33-34-35-36-37-39-41-43-46-49-52-55-58-61-64-71(81)87-74-73(83)72(82)70(65-78)86-76(74)85-66-67(68(79)62-59-56-53-50-47-44-24-21-18-15-12-9-6-3)77-75(84)69(80)63-60-57-54-51-48-45-42-40-38-32-30-28-26-23-20-17-14-11-8-5-2/h8,11,17,20,26,28,32,38,42,45,51,54,59,62,67-70,72-74,76,78-80,82-83H,4-7,9-10,12-16,18-19,21-25,27,29-31,33-37,39-41,43-44,46-50,52-53,55-58,60-61,63-66H2,1-3H3,(H,77,84)/b11-8-,20-17-,28-26-,38-32-,45-42-,54-51-,62-59+. The second kappa shape index (κ2) is 63.0. The van der Waals surface area contributed by atoms with Crippen molar-refractivity contribution in [3.05, 3.63) is 85.1 Å². The Morgan fingerprint density at radius 1 is 0.460 bits per heavy atom. The van der Waals surface area contributed by atoms with E-state index in [4.69, 9.17) is 14.2 Å². The molecule has 0 bridgehead atoms. The molecule has 6 N–H and O–H groups in total. The molecule has 8 unspecified atom stereocenters. The van der Waals surface area contributed by atoms with Crippen LogP contribution in [0.25, 0.3) is 0 Å². The summed E-state index contributed by atoms with van der Waals surface area (Å²) in [6.07, 6.45) is 73.5. The Morgan fingerprint density at radius 2 is 0.828 bits per heavy atom. The number of hydrogen-bond acceptors (Lipinski definition) is 10. The van der Waals surface area contributed by atoms with Crippen molar-refractivity contribution in [2.24, 2.45) is 0 Å². The Balaban J connectivity index is 2.60. The van der Waals surface area contributed by atoms with Crippen LogP contribution in [0.1, 0.15) is 323 Å². The summed E-state index contributed by atoms with van der Waals surface area (Å²) in [4.78, 5) is 26.7. The highest BCUT2D eigenvalue weighted by Crippen LogP contribution is 2.26. The number of nitrogens with one attached hydrogen (secondary N) is 1. The lowest BCUT2D eigenvalue weighted by atomic mass is 9.99. The summed E-state index contributed by atoms with van der Waals surface area (Å²) in [6, 6.07) is -1.05. The first-order valence-corrected chi connectivity index (χ1v) is 36.4. The molecule has 1 aliphatic heterocycles. The van der Waals surface area contributed by atoms with Crippen LogP contribution < -0.4 is 5.32 Å². The van der Waals surface area contributed by atoms with Gasteiger partial charge in [0, 0.05) is 6.42 Å². The van der Waals surface area contributed by atoms with Gasteiger partial charge in [0.05, 0.1) is 25.4 Å². The fourth-order valence-electron chi connectivity index (χ4n) is 11.1. The van der Waals surface area contributed by atoms with Crippen LogP contribution in [0.15, 0.2) is 85.1 Å². The van der Waals surface area contributed by atoms with Gasteiger partial charge in [-0.05, 0) is 77.0 Å². The van der Waals surface area contributed by atoms with Gasteiger partial charge in [0.1, 0.15) is 24.4 Å². The predicted molar refractivity (Wildman–Crippen MR) is 366 cm³/mol. The molecule has 8 atom stereocenters. The zero-order valence-corrected chi connectivity index (χ0v) is 56.1. The second-order valence-corrected chi connectivity index (χ2v) is 24.9. The Kier molecular flexibility index (Phi) is 59.3. The number of amides is 1. The molecule has 0 aliphatic carbocycles. The molecule has 1 rings (SSSR count). The molecule has 1 heterocycles. The molecular weight excluding hydrogens is 1090 g/mol. The van der Waals surface area contributed by atoms with E-state index in [2.05, 4.69) is 92.9 Å². The molecule has 0 saturated carbocycles. The van der Waals surface area contributed by atoms with E-state index in [0.29, 0.717) is 19.3 Å². The summed E-state index contributed by atoms with van der Waals surface area (Å²) in [5.41, 5.74) is 0. The summed E-state index contributed by atoms with van der Waals surface area (Å²) < 4.78 is 17.7. The minimum Gasteiger partial charge on any atom is -0.454 e. The fraction of sp³-hybridized carbons (Fsp3) is 0.789. The summed E-state index contributed by atoms with van der Waals surface area (Å²) in [7, 11) is 0. The fourth-order valence-corrected chi connectivity index (χ4v) is 11.1. The van der Waals surface area contributed by atoms with E-state index >= 15 is 0 Å². The smallest absolute Gasteiger partial charge is 0.306 e. The number of aliphatic hydroxyl groups excluding tert-OH is 5. The third-order valence-corrected chi connectivity index (χ3v) is 16.8. The number of aliphatic hydroxyl groups is 5. The third-order valence-electron chi connectivity index (χ3n) is 16.8. The Labute approximate surface area is 533 Å². The van der Waals surface area contributed by atoms with Crippen LogP contribution in [0.4, 0.5) is 0 Å². The number of allylic oxidation sites excluding steroid dienone is 13. The van der Waals surface area contributed by atoms with Crippen molar-refractivity contribution < 1.29 is 49.3 Å². The van der Waals surface area contributed by atoms with Gasteiger partial charge in [0.25, 0.3) is 0 Å². The Hall–Kier alpha value is -3.16. The van der Waals surface area contributed by atoms with Gasteiger partial charge < -0.3 is 45.1 Å². The Morgan fingerprint density at radius 3 is 1.23 bits per heavy atom. The van der Waals surface area contributed by atoms with E-state index < -0.39 is 67.4 Å². The van der Waals surface area contributed by atoms with Crippen LogP contribution >= 0.6 is 0 Å². The van der Waals surface area contributed by atoms with Crippen molar-refractivity contribution in [1.29, 1.82) is 0 Å². The van der Waals surface area contributed by atoms with Gasteiger partial charge in [-0.2, -0.15) is 0 Å². The average Bonchev–Trinajstić information content (AvgIpc) is 1.52. The highest BCUT2D eigenvalue weighted by molar-refractivity contribution is 5.80. The molecule has 1 fully saturated rings. The van der Waals surface area contributed by atoms with Gasteiger partial charge in [-0.25, -0.2) is 0 Å². The molecule has 0 radical (unpaired) electrons. The van der Waals surface area contributed by atoms with Gasteiger partial charge in [0.15, 0.2) is 12.4 Å². The predicted octanol–water partition coefficient (Wildman–Crippen LogP) is 18.8. The van der Waals surface area contributed by atoms with Gasteiger partial charge >= 0.3 is 5.97 Å². The first-order valence-electron chi connectivity index (χ1n) is 36.4. The minimum absolute atomic E-state index is 0.119. The van der Waals surface area contributed by atoms with Crippen molar-refractivity contribution in [2.45, 2.75) is 372 Å².